The van der Waals surface area contributed by atoms with Crippen LogP contribution in [-0.2, 0) is 7.05 Å². The average Bonchev–Trinajstić information content (AvgIpc) is 2.91. The number of hydrogen-bond donors (Lipinski definition) is 0. The molecule has 4 heterocycles. The van der Waals surface area contributed by atoms with Crippen LogP contribution in [0.2, 0.25) is 0 Å². The first-order chi connectivity index (χ1) is 12.5. The summed E-state index contributed by atoms with van der Waals surface area (Å²) in [6.45, 7) is 5.80. The number of nitrogens with zero attached hydrogens (tertiary/aromatic N) is 7. The van der Waals surface area contributed by atoms with Gasteiger partial charge in [-0.15, -0.1) is 10.2 Å². The highest BCUT2D eigenvalue weighted by atomic mass is 16.3. The number of fused-ring (bicyclic) bond motifs is 1. The zero-order valence-electron chi connectivity index (χ0n) is 15.1. The summed E-state index contributed by atoms with van der Waals surface area (Å²) in [7, 11) is 1.96. The molecule has 0 saturated heterocycles. The summed E-state index contributed by atoms with van der Waals surface area (Å²) >= 11 is 0. The molecule has 0 radical (unpaired) electrons. The van der Waals surface area contributed by atoms with Gasteiger partial charge < -0.3 is 4.42 Å². The Kier molecular flexibility index (Phi) is 3.07. The van der Waals surface area contributed by atoms with Crippen molar-refractivity contribution in [2.45, 2.75) is 39.0 Å². The van der Waals surface area contributed by atoms with Gasteiger partial charge in [-0.1, -0.05) is 0 Å². The maximum atomic E-state index is 5.34. The van der Waals surface area contributed by atoms with Crippen LogP contribution in [0.15, 0.2) is 22.8 Å². The van der Waals surface area contributed by atoms with Crippen LogP contribution < -0.4 is 0 Å². The fourth-order valence-corrected chi connectivity index (χ4v) is 3.56. The Morgan fingerprint density at radius 1 is 1.04 bits per heavy atom. The van der Waals surface area contributed by atoms with Gasteiger partial charge in [0.25, 0.3) is 0 Å². The molecule has 1 aliphatic carbocycles. The molecule has 0 N–H and O–H groups in total. The first-order valence-electron chi connectivity index (χ1n) is 8.67. The Morgan fingerprint density at radius 3 is 2.62 bits per heavy atom. The van der Waals surface area contributed by atoms with E-state index >= 15 is 0 Å². The Bertz CT molecular complexity index is 1140. The molecule has 8 heteroatoms. The van der Waals surface area contributed by atoms with E-state index in [4.69, 9.17) is 14.6 Å². The average molecular weight is 349 g/mol. The van der Waals surface area contributed by atoms with E-state index in [-0.39, 0.29) is 0 Å². The topological polar surface area (TPSA) is 86.9 Å². The highest BCUT2D eigenvalue weighted by Crippen LogP contribution is 2.54. The van der Waals surface area contributed by atoms with Crippen molar-refractivity contribution < 1.29 is 4.42 Å². The molecule has 26 heavy (non-hydrogen) atoms. The minimum absolute atomic E-state index is 0.390. The fraction of sp³-hybridized carbons (Fsp3) is 0.389. The van der Waals surface area contributed by atoms with Gasteiger partial charge >= 0.3 is 0 Å². The van der Waals surface area contributed by atoms with Gasteiger partial charge in [-0.05, 0) is 38.0 Å². The summed E-state index contributed by atoms with van der Waals surface area (Å²) in [5, 5.41) is 17.7. The molecular weight excluding hydrogens is 330 g/mol. The van der Waals surface area contributed by atoms with E-state index < -0.39 is 0 Å². The van der Waals surface area contributed by atoms with E-state index in [1.807, 2.05) is 38.6 Å². The quantitative estimate of drug-likeness (QED) is 0.565. The van der Waals surface area contributed by atoms with Gasteiger partial charge in [0.15, 0.2) is 17.4 Å². The molecule has 0 aromatic carbocycles. The predicted molar refractivity (Wildman–Crippen MR) is 93.8 cm³/mol. The maximum absolute atomic E-state index is 5.34. The number of hydrogen-bond acceptors (Lipinski definition) is 6. The van der Waals surface area contributed by atoms with Crippen LogP contribution in [0.4, 0.5) is 0 Å². The Hall–Kier alpha value is -3.03. The lowest BCUT2D eigenvalue weighted by Crippen LogP contribution is -2.02. The van der Waals surface area contributed by atoms with Crippen molar-refractivity contribution in [3.05, 3.63) is 47.1 Å². The SMILES string of the molecule is Cc1nc(C2CC2c2cc(-c3cc(C)c4nnc(C)n4n3)n(C)n2)co1. The van der Waals surface area contributed by atoms with Gasteiger partial charge in [-0.2, -0.15) is 14.7 Å². The lowest BCUT2D eigenvalue weighted by atomic mass is 10.1. The third kappa shape index (κ3) is 2.25. The molecule has 0 amide bonds. The van der Waals surface area contributed by atoms with Crippen LogP contribution in [0, 0.1) is 20.8 Å². The molecule has 2 atom stereocenters. The second-order valence-corrected chi connectivity index (χ2v) is 7.01. The summed E-state index contributed by atoms with van der Waals surface area (Å²) in [6.07, 6.45) is 2.82. The summed E-state index contributed by atoms with van der Waals surface area (Å²) in [5.74, 6) is 2.27. The molecule has 8 nitrogen and oxygen atoms in total. The molecule has 1 fully saturated rings. The molecule has 2 unspecified atom stereocenters. The van der Waals surface area contributed by atoms with Gasteiger partial charge in [-0.3, -0.25) is 4.68 Å². The van der Waals surface area contributed by atoms with Crippen LogP contribution in [0.5, 0.6) is 0 Å². The number of aryl methyl sites for hydroxylation is 4. The number of aromatic nitrogens is 7. The first-order valence-corrected chi connectivity index (χ1v) is 8.67. The number of oxazole rings is 1. The summed E-state index contributed by atoms with van der Waals surface area (Å²) in [6, 6.07) is 4.17. The van der Waals surface area contributed by atoms with Gasteiger partial charge in [0.1, 0.15) is 12.0 Å². The molecule has 1 aliphatic rings. The molecule has 5 rings (SSSR count). The first kappa shape index (κ1) is 15.2. The van der Waals surface area contributed by atoms with Crippen molar-refractivity contribution in [3.63, 3.8) is 0 Å². The van der Waals surface area contributed by atoms with Crippen LogP contribution in [0.25, 0.3) is 17.0 Å². The molecule has 4 aromatic rings. The lowest BCUT2D eigenvalue weighted by Gasteiger charge is -2.04. The minimum Gasteiger partial charge on any atom is -0.449 e. The predicted octanol–water partition coefficient (Wildman–Crippen LogP) is 2.71. The molecular formula is C18H19N7O. The van der Waals surface area contributed by atoms with E-state index in [1.165, 1.54) is 0 Å². The summed E-state index contributed by atoms with van der Waals surface area (Å²) < 4.78 is 9.03. The smallest absolute Gasteiger partial charge is 0.191 e. The maximum Gasteiger partial charge on any atom is 0.191 e. The molecule has 0 aliphatic heterocycles. The Balaban J connectivity index is 1.51. The van der Waals surface area contributed by atoms with Crippen molar-refractivity contribution in [2.75, 3.05) is 0 Å². The fourth-order valence-electron chi connectivity index (χ4n) is 3.56. The monoisotopic (exact) mass is 349 g/mol. The standard InChI is InChI=1S/C18H19N7O/c1-9-5-15(23-25-10(2)20-21-18(9)25)17-7-14(22-24(17)4)12-6-13(12)16-8-26-11(3)19-16/h5,7-8,12-13H,6H2,1-4H3. The third-order valence-electron chi connectivity index (χ3n) is 5.06. The van der Waals surface area contributed by atoms with Crippen molar-refractivity contribution in [1.82, 2.24) is 34.6 Å². The van der Waals surface area contributed by atoms with Crippen LogP contribution in [-0.4, -0.2) is 34.6 Å². The van der Waals surface area contributed by atoms with Crippen molar-refractivity contribution in [1.29, 1.82) is 0 Å². The van der Waals surface area contributed by atoms with E-state index in [1.54, 1.807) is 10.8 Å². The van der Waals surface area contributed by atoms with E-state index in [9.17, 15) is 0 Å². The normalized spacial score (nSPS) is 19.4. The summed E-state index contributed by atoms with van der Waals surface area (Å²) in [4.78, 5) is 4.45. The van der Waals surface area contributed by atoms with Gasteiger partial charge in [-0.25, -0.2) is 4.98 Å². The van der Waals surface area contributed by atoms with E-state index in [0.29, 0.717) is 17.7 Å². The van der Waals surface area contributed by atoms with Gasteiger partial charge in [0.05, 0.1) is 17.1 Å². The Morgan fingerprint density at radius 2 is 1.85 bits per heavy atom. The highest BCUT2D eigenvalue weighted by Gasteiger charge is 2.43. The van der Waals surface area contributed by atoms with Crippen LogP contribution in [0.1, 0.15) is 46.9 Å². The van der Waals surface area contributed by atoms with Crippen molar-refractivity contribution >= 4 is 5.65 Å². The summed E-state index contributed by atoms with van der Waals surface area (Å²) in [5.41, 5.74) is 5.79. The Labute approximate surface area is 149 Å². The molecule has 0 bridgehead atoms. The molecule has 4 aromatic heterocycles. The van der Waals surface area contributed by atoms with Crippen LogP contribution >= 0.6 is 0 Å². The van der Waals surface area contributed by atoms with E-state index in [2.05, 4.69) is 21.2 Å². The number of rotatable bonds is 3. The third-order valence-corrected chi connectivity index (χ3v) is 5.06. The second kappa shape index (κ2) is 5.23. The molecule has 0 spiro atoms. The van der Waals surface area contributed by atoms with Gasteiger partial charge in [0.2, 0.25) is 0 Å². The van der Waals surface area contributed by atoms with Crippen molar-refractivity contribution in [3.8, 4) is 11.4 Å². The van der Waals surface area contributed by atoms with Crippen LogP contribution in [0.3, 0.4) is 0 Å². The highest BCUT2D eigenvalue weighted by molar-refractivity contribution is 5.60. The molecule has 132 valence electrons. The van der Waals surface area contributed by atoms with E-state index in [0.717, 1.165) is 46.2 Å². The minimum atomic E-state index is 0.390. The largest absolute Gasteiger partial charge is 0.449 e. The molecule has 1 saturated carbocycles. The van der Waals surface area contributed by atoms with Crippen molar-refractivity contribution in [2.24, 2.45) is 7.05 Å². The second-order valence-electron chi connectivity index (χ2n) is 7.01. The zero-order valence-corrected chi connectivity index (χ0v) is 15.1. The van der Waals surface area contributed by atoms with Gasteiger partial charge in [0, 0.05) is 25.8 Å². The lowest BCUT2D eigenvalue weighted by molar-refractivity contribution is 0.520. The zero-order chi connectivity index (χ0) is 18.0.